The number of hydrogen-bond donors (Lipinski definition) is 2. The summed E-state index contributed by atoms with van der Waals surface area (Å²) < 4.78 is 5.66. The summed E-state index contributed by atoms with van der Waals surface area (Å²) in [4.78, 5) is 28.6. The lowest BCUT2D eigenvalue weighted by atomic mass is 10.1. The SMILES string of the molecule is O=C(CCNC(=O)c1ccc2ccccc2c1)NCc1ncc(-c2ccccc2)o1. The fraction of sp³-hybridized carbons (Fsp3) is 0.125. The van der Waals surface area contributed by atoms with Gasteiger partial charge in [-0.05, 0) is 22.9 Å². The van der Waals surface area contributed by atoms with Crippen molar-refractivity contribution in [2.24, 2.45) is 0 Å². The normalized spacial score (nSPS) is 10.7. The lowest BCUT2D eigenvalue weighted by molar-refractivity contribution is -0.121. The van der Waals surface area contributed by atoms with Crippen LogP contribution >= 0.6 is 0 Å². The minimum atomic E-state index is -0.200. The van der Waals surface area contributed by atoms with E-state index >= 15 is 0 Å². The summed E-state index contributed by atoms with van der Waals surface area (Å²) in [6, 6.07) is 23.0. The first-order valence-corrected chi connectivity index (χ1v) is 9.73. The van der Waals surface area contributed by atoms with Crippen LogP contribution in [0.15, 0.2) is 83.4 Å². The van der Waals surface area contributed by atoms with Gasteiger partial charge in [0.1, 0.15) is 0 Å². The van der Waals surface area contributed by atoms with E-state index in [-0.39, 0.29) is 31.3 Å². The van der Waals surface area contributed by atoms with E-state index < -0.39 is 0 Å². The average molecular weight is 399 g/mol. The summed E-state index contributed by atoms with van der Waals surface area (Å²) in [5, 5.41) is 7.62. The molecule has 0 aliphatic heterocycles. The number of aromatic nitrogens is 1. The Morgan fingerprint density at radius 1 is 0.867 bits per heavy atom. The predicted molar refractivity (Wildman–Crippen MR) is 115 cm³/mol. The monoisotopic (exact) mass is 399 g/mol. The molecule has 30 heavy (non-hydrogen) atoms. The molecule has 0 fully saturated rings. The van der Waals surface area contributed by atoms with Crippen molar-refractivity contribution in [1.29, 1.82) is 0 Å². The van der Waals surface area contributed by atoms with Crippen molar-refractivity contribution in [3.63, 3.8) is 0 Å². The van der Waals surface area contributed by atoms with E-state index in [1.807, 2.05) is 66.7 Å². The van der Waals surface area contributed by atoms with Crippen molar-refractivity contribution in [3.8, 4) is 11.3 Å². The number of carbonyl (C=O) groups is 2. The summed E-state index contributed by atoms with van der Waals surface area (Å²) in [5.74, 6) is 0.701. The Bertz CT molecular complexity index is 1170. The Labute approximate surface area is 173 Å². The third kappa shape index (κ3) is 4.72. The van der Waals surface area contributed by atoms with Crippen LogP contribution in [-0.4, -0.2) is 23.3 Å². The number of rotatable bonds is 7. The number of fused-ring (bicyclic) bond motifs is 1. The second kappa shape index (κ2) is 9.05. The summed E-state index contributed by atoms with van der Waals surface area (Å²) in [6.07, 6.45) is 1.81. The molecule has 0 bridgehead atoms. The number of nitrogens with one attached hydrogen (secondary N) is 2. The summed E-state index contributed by atoms with van der Waals surface area (Å²) in [6.45, 7) is 0.447. The van der Waals surface area contributed by atoms with Gasteiger partial charge >= 0.3 is 0 Å². The van der Waals surface area contributed by atoms with Crippen molar-refractivity contribution >= 4 is 22.6 Å². The van der Waals surface area contributed by atoms with Crippen molar-refractivity contribution in [3.05, 3.63) is 90.4 Å². The maximum absolute atomic E-state index is 12.3. The van der Waals surface area contributed by atoms with Crippen molar-refractivity contribution < 1.29 is 14.0 Å². The zero-order chi connectivity index (χ0) is 20.8. The molecule has 3 aromatic carbocycles. The Morgan fingerprint density at radius 2 is 1.63 bits per heavy atom. The molecule has 2 N–H and O–H groups in total. The molecule has 0 saturated heterocycles. The molecule has 1 aromatic heterocycles. The van der Waals surface area contributed by atoms with E-state index in [0.717, 1.165) is 16.3 Å². The van der Waals surface area contributed by atoms with Gasteiger partial charge in [-0.3, -0.25) is 9.59 Å². The molecule has 4 rings (SSSR count). The largest absolute Gasteiger partial charge is 0.439 e. The molecular formula is C24H21N3O3. The number of oxazole rings is 1. The van der Waals surface area contributed by atoms with Gasteiger partial charge in [-0.15, -0.1) is 0 Å². The second-order valence-corrected chi connectivity index (χ2v) is 6.83. The fourth-order valence-corrected chi connectivity index (χ4v) is 3.11. The van der Waals surface area contributed by atoms with Crippen molar-refractivity contribution in [1.82, 2.24) is 15.6 Å². The minimum Gasteiger partial charge on any atom is -0.439 e. The summed E-state index contributed by atoms with van der Waals surface area (Å²) in [7, 11) is 0. The van der Waals surface area contributed by atoms with Crippen LogP contribution in [0.5, 0.6) is 0 Å². The molecule has 0 aliphatic carbocycles. The molecule has 0 spiro atoms. The molecule has 6 nitrogen and oxygen atoms in total. The maximum atomic E-state index is 12.3. The first-order valence-electron chi connectivity index (χ1n) is 9.73. The number of hydrogen-bond acceptors (Lipinski definition) is 4. The topological polar surface area (TPSA) is 84.2 Å². The predicted octanol–water partition coefficient (Wildman–Crippen LogP) is 3.93. The molecule has 0 atom stereocenters. The van der Waals surface area contributed by atoms with E-state index in [1.54, 1.807) is 12.3 Å². The minimum absolute atomic E-state index is 0.172. The van der Waals surface area contributed by atoms with Crippen LogP contribution in [0, 0.1) is 0 Å². The average Bonchev–Trinajstić information content (AvgIpc) is 3.27. The second-order valence-electron chi connectivity index (χ2n) is 6.83. The van der Waals surface area contributed by atoms with Crippen LogP contribution < -0.4 is 10.6 Å². The van der Waals surface area contributed by atoms with E-state index in [2.05, 4.69) is 15.6 Å². The molecule has 1 heterocycles. The number of carbonyl (C=O) groups excluding carboxylic acids is 2. The number of amides is 2. The molecule has 0 unspecified atom stereocenters. The van der Waals surface area contributed by atoms with E-state index in [1.165, 1.54) is 0 Å². The van der Waals surface area contributed by atoms with Crippen molar-refractivity contribution in [2.45, 2.75) is 13.0 Å². The van der Waals surface area contributed by atoms with E-state index in [0.29, 0.717) is 17.2 Å². The van der Waals surface area contributed by atoms with Crippen molar-refractivity contribution in [2.75, 3.05) is 6.54 Å². The van der Waals surface area contributed by atoms with Crippen LogP contribution in [-0.2, 0) is 11.3 Å². The van der Waals surface area contributed by atoms with Gasteiger partial charge in [0.25, 0.3) is 5.91 Å². The highest BCUT2D eigenvalue weighted by Gasteiger charge is 2.10. The van der Waals surface area contributed by atoms with Gasteiger partial charge in [0.15, 0.2) is 5.76 Å². The highest BCUT2D eigenvalue weighted by molar-refractivity contribution is 5.98. The van der Waals surface area contributed by atoms with Crippen LogP contribution in [0.2, 0.25) is 0 Å². The van der Waals surface area contributed by atoms with E-state index in [9.17, 15) is 9.59 Å². The van der Waals surface area contributed by atoms with Gasteiger partial charge in [0.05, 0.1) is 12.7 Å². The highest BCUT2D eigenvalue weighted by Crippen LogP contribution is 2.19. The Balaban J connectivity index is 1.23. The molecule has 0 aliphatic rings. The first kappa shape index (κ1) is 19.4. The zero-order valence-corrected chi connectivity index (χ0v) is 16.3. The molecule has 0 radical (unpaired) electrons. The standard InChI is InChI=1S/C24H21N3O3/c28-22(26-16-23-27-15-21(30-23)18-7-2-1-3-8-18)12-13-25-24(29)20-11-10-17-6-4-5-9-19(17)14-20/h1-11,14-15H,12-13,16H2,(H,25,29)(H,26,28). The Kier molecular flexibility index (Phi) is 5.85. The third-order valence-corrected chi connectivity index (χ3v) is 4.70. The molecule has 150 valence electrons. The Hall–Kier alpha value is -3.93. The van der Waals surface area contributed by atoms with Gasteiger partial charge in [0, 0.05) is 24.1 Å². The smallest absolute Gasteiger partial charge is 0.251 e. The third-order valence-electron chi connectivity index (χ3n) is 4.70. The number of benzene rings is 3. The molecule has 0 saturated carbocycles. The zero-order valence-electron chi connectivity index (χ0n) is 16.3. The van der Waals surface area contributed by atoms with Crippen LogP contribution in [0.4, 0.5) is 0 Å². The fourth-order valence-electron chi connectivity index (χ4n) is 3.11. The first-order chi connectivity index (χ1) is 14.7. The summed E-state index contributed by atoms with van der Waals surface area (Å²) in [5.41, 5.74) is 1.50. The molecule has 4 aromatic rings. The number of nitrogens with zero attached hydrogens (tertiary/aromatic N) is 1. The molecular weight excluding hydrogens is 378 g/mol. The Morgan fingerprint density at radius 3 is 2.47 bits per heavy atom. The molecule has 6 heteroatoms. The maximum Gasteiger partial charge on any atom is 0.251 e. The van der Waals surface area contributed by atoms with E-state index in [4.69, 9.17) is 4.42 Å². The van der Waals surface area contributed by atoms with Crippen LogP contribution in [0.25, 0.3) is 22.1 Å². The lowest BCUT2D eigenvalue weighted by Crippen LogP contribution is -2.30. The van der Waals surface area contributed by atoms with Gasteiger partial charge in [0.2, 0.25) is 11.8 Å². The highest BCUT2D eigenvalue weighted by atomic mass is 16.4. The summed E-state index contributed by atoms with van der Waals surface area (Å²) >= 11 is 0. The van der Waals surface area contributed by atoms with Gasteiger partial charge < -0.3 is 15.1 Å². The van der Waals surface area contributed by atoms with Gasteiger partial charge in [-0.25, -0.2) is 4.98 Å². The van der Waals surface area contributed by atoms with Crippen LogP contribution in [0.1, 0.15) is 22.7 Å². The van der Waals surface area contributed by atoms with Crippen LogP contribution in [0.3, 0.4) is 0 Å². The lowest BCUT2D eigenvalue weighted by Gasteiger charge is -2.07. The molecule has 2 amide bonds. The van der Waals surface area contributed by atoms with Gasteiger partial charge in [-0.2, -0.15) is 0 Å². The van der Waals surface area contributed by atoms with Gasteiger partial charge in [-0.1, -0.05) is 60.7 Å². The quantitative estimate of drug-likeness (QED) is 0.493.